The van der Waals surface area contributed by atoms with Crippen molar-refractivity contribution in [1.82, 2.24) is 4.98 Å². The molecule has 21 heavy (non-hydrogen) atoms. The van der Waals surface area contributed by atoms with Gasteiger partial charge >= 0.3 is 0 Å². The minimum Gasteiger partial charge on any atom is -0.321 e. The van der Waals surface area contributed by atoms with Gasteiger partial charge in [0, 0.05) is 18.2 Å². The molecule has 1 aromatic heterocycles. The van der Waals surface area contributed by atoms with Gasteiger partial charge in [-0.1, -0.05) is 49.8 Å². The summed E-state index contributed by atoms with van der Waals surface area (Å²) >= 11 is 1.45. The lowest BCUT2D eigenvalue weighted by atomic mass is 9.91. The lowest BCUT2D eigenvalue weighted by molar-refractivity contribution is 0.112. The SMILES string of the molecule is Cc1ccc(N(C)c2nc(C(C)(C)C)c(C=O)s2)c(C)c1. The molecule has 1 aromatic carbocycles. The van der Waals surface area contributed by atoms with Crippen LogP contribution in [0.1, 0.15) is 47.3 Å². The summed E-state index contributed by atoms with van der Waals surface area (Å²) in [6.45, 7) is 10.4. The third-order valence-electron chi connectivity index (χ3n) is 3.46. The molecule has 0 aliphatic carbocycles. The van der Waals surface area contributed by atoms with Crippen LogP contribution in [-0.2, 0) is 5.41 Å². The Hall–Kier alpha value is -1.68. The van der Waals surface area contributed by atoms with Crippen LogP contribution in [0.2, 0.25) is 0 Å². The van der Waals surface area contributed by atoms with Crippen molar-refractivity contribution in [2.45, 2.75) is 40.0 Å². The summed E-state index contributed by atoms with van der Waals surface area (Å²) in [4.78, 5) is 18.8. The molecule has 0 saturated carbocycles. The van der Waals surface area contributed by atoms with E-state index in [4.69, 9.17) is 4.98 Å². The first-order valence-electron chi connectivity index (χ1n) is 7.01. The van der Waals surface area contributed by atoms with E-state index in [1.54, 1.807) is 0 Å². The Bertz CT molecular complexity index is 668. The van der Waals surface area contributed by atoms with Crippen molar-refractivity contribution in [3.63, 3.8) is 0 Å². The van der Waals surface area contributed by atoms with Crippen LogP contribution in [0, 0.1) is 13.8 Å². The number of thiazole rings is 1. The quantitative estimate of drug-likeness (QED) is 0.775. The van der Waals surface area contributed by atoms with Gasteiger partial charge < -0.3 is 4.90 Å². The fourth-order valence-corrected chi connectivity index (χ4v) is 3.43. The Labute approximate surface area is 130 Å². The molecule has 3 nitrogen and oxygen atoms in total. The van der Waals surface area contributed by atoms with Crippen LogP contribution >= 0.6 is 11.3 Å². The van der Waals surface area contributed by atoms with Gasteiger partial charge in [0.25, 0.3) is 0 Å². The summed E-state index contributed by atoms with van der Waals surface area (Å²) in [5.41, 5.74) is 4.31. The number of carbonyl (C=O) groups excluding carboxylic acids is 1. The van der Waals surface area contributed by atoms with Crippen molar-refractivity contribution in [3.05, 3.63) is 39.9 Å². The number of aromatic nitrogens is 1. The fraction of sp³-hybridized carbons (Fsp3) is 0.412. The Balaban J connectivity index is 2.46. The molecular weight excluding hydrogens is 280 g/mol. The number of anilines is 2. The van der Waals surface area contributed by atoms with E-state index in [9.17, 15) is 4.79 Å². The van der Waals surface area contributed by atoms with Crippen molar-refractivity contribution in [2.75, 3.05) is 11.9 Å². The molecule has 0 atom stereocenters. The lowest BCUT2D eigenvalue weighted by Gasteiger charge is -2.19. The highest BCUT2D eigenvalue weighted by molar-refractivity contribution is 7.17. The summed E-state index contributed by atoms with van der Waals surface area (Å²) in [7, 11) is 2.00. The van der Waals surface area contributed by atoms with Gasteiger partial charge in [-0.2, -0.15) is 0 Å². The molecule has 4 heteroatoms. The monoisotopic (exact) mass is 302 g/mol. The number of rotatable bonds is 3. The number of hydrogen-bond donors (Lipinski definition) is 0. The molecule has 1 heterocycles. The van der Waals surface area contributed by atoms with E-state index < -0.39 is 0 Å². The number of carbonyl (C=O) groups is 1. The predicted octanol–water partition coefficient (Wildman–Crippen LogP) is 4.64. The molecule has 0 spiro atoms. The number of aryl methyl sites for hydroxylation is 2. The average Bonchev–Trinajstić information content (AvgIpc) is 2.82. The summed E-state index contributed by atoms with van der Waals surface area (Å²) in [5, 5.41) is 0.856. The highest BCUT2D eigenvalue weighted by atomic mass is 32.1. The van der Waals surface area contributed by atoms with Gasteiger partial charge in [-0.15, -0.1) is 0 Å². The van der Waals surface area contributed by atoms with E-state index in [0.717, 1.165) is 22.8 Å². The maximum absolute atomic E-state index is 11.3. The molecule has 0 unspecified atom stereocenters. The predicted molar refractivity (Wildman–Crippen MR) is 90.2 cm³/mol. The van der Waals surface area contributed by atoms with Crippen molar-refractivity contribution in [3.8, 4) is 0 Å². The largest absolute Gasteiger partial charge is 0.321 e. The normalized spacial score (nSPS) is 11.5. The number of hydrogen-bond acceptors (Lipinski definition) is 4. The molecular formula is C17H22N2OS. The fourth-order valence-electron chi connectivity index (χ4n) is 2.37. The molecule has 0 aliphatic heterocycles. The van der Waals surface area contributed by atoms with Gasteiger partial charge in [-0.3, -0.25) is 4.79 Å². The van der Waals surface area contributed by atoms with Crippen LogP contribution in [0.15, 0.2) is 18.2 Å². The van der Waals surface area contributed by atoms with Crippen molar-refractivity contribution in [1.29, 1.82) is 0 Å². The van der Waals surface area contributed by atoms with E-state index in [1.165, 1.54) is 22.5 Å². The van der Waals surface area contributed by atoms with Gasteiger partial charge in [-0.25, -0.2) is 4.98 Å². The average molecular weight is 302 g/mol. The molecule has 0 N–H and O–H groups in total. The van der Waals surface area contributed by atoms with Crippen LogP contribution in [0.4, 0.5) is 10.8 Å². The highest BCUT2D eigenvalue weighted by Gasteiger charge is 2.24. The maximum Gasteiger partial charge on any atom is 0.190 e. The van der Waals surface area contributed by atoms with Gasteiger partial charge in [0.05, 0.1) is 10.6 Å². The lowest BCUT2D eigenvalue weighted by Crippen LogP contribution is -2.15. The maximum atomic E-state index is 11.3. The Morgan fingerprint density at radius 3 is 2.38 bits per heavy atom. The molecule has 2 aromatic rings. The smallest absolute Gasteiger partial charge is 0.190 e. The second-order valence-electron chi connectivity index (χ2n) is 6.43. The zero-order chi connectivity index (χ0) is 15.8. The van der Waals surface area contributed by atoms with E-state index in [2.05, 4.69) is 57.7 Å². The van der Waals surface area contributed by atoms with Crippen LogP contribution in [0.5, 0.6) is 0 Å². The molecule has 0 amide bonds. The van der Waals surface area contributed by atoms with Crippen molar-refractivity contribution in [2.24, 2.45) is 0 Å². The van der Waals surface area contributed by atoms with Gasteiger partial charge in [0.1, 0.15) is 0 Å². The Morgan fingerprint density at radius 1 is 1.24 bits per heavy atom. The molecule has 2 rings (SSSR count). The zero-order valence-corrected chi connectivity index (χ0v) is 14.3. The van der Waals surface area contributed by atoms with E-state index >= 15 is 0 Å². The Kier molecular flexibility index (Phi) is 4.19. The third-order valence-corrected chi connectivity index (χ3v) is 4.52. The second-order valence-corrected chi connectivity index (χ2v) is 7.44. The highest BCUT2D eigenvalue weighted by Crippen LogP contribution is 2.36. The van der Waals surface area contributed by atoms with E-state index in [-0.39, 0.29) is 5.41 Å². The second kappa shape index (κ2) is 5.60. The topological polar surface area (TPSA) is 33.2 Å². The third kappa shape index (κ3) is 3.16. The van der Waals surface area contributed by atoms with Crippen LogP contribution in [0.3, 0.4) is 0 Å². The van der Waals surface area contributed by atoms with Gasteiger partial charge in [0.15, 0.2) is 11.4 Å². The minimum absolute atomic E-state index is 0.131. The first-order valence-corrected chi connectivity index (χ1v) is 7.83. The van der Waals surface area contributed by atoms with Gasteiger partial charge in [0.2, 0.25) is 0 Å². The number of nitrogens with zero attached hydrogens (tertiary/aromatic N) is 2. The molecule has 0 fully saturated rings. The Morgan fingerprint density at radius 2 is 1.90 bits per heavy atom. The molecule has 112 valence electrons. The minimum atomic E-state index is -0.131. The summed E-state index contributed by atoms with van der Waals surface area (Å²) < 4.78 is 0. The first kappa shape index (κ1) is 15.7. The summed E-state index contributed by atoms with van der Waals surface area (Å²) in [6.07, 6.45) is 0.914. The van der Waals surface area contributed by atoms with E-state index in [0.29, 0.717) is 4.88 Å². The van der Waals surface area contributed by atoms with Crippen molar-refractivity contribution >= 4 is 28.4 Å². The summed E-state index contributed by atoms with van der Waals surface area (Å²) in [6, 6.07) is 6.35. The number of benzene rings is 1. The van der Waals surface area contributed by atoms with Crippen LogP contribution in [-0.4, -0.2) is 18.3 Å². The molecule has 0 radical (unpaired) electrons. The molecule has 0 bridgehead atoms. The van der Waals surface area contributed by atoms with Crippen LogP contribution in [0.25, 0.3) is 0 Å². The molecule has 0 saturated heterocycles. The first-order chi connectivity index (χ1) is 9.74. The standard InChI is InChI=1S/C17H22N2OS/c1-11-7-8-13(12(2)9-11)19(6)16-18-15(17(3,4)5)14(10-20)21-16/h7-10H,1-6H3. The molecule has 0 aliphatic rings. The zero-order valence-electron chi connectivity index (χ0n) is 13.5. The van der Waals surface area contributed by atoms with E-state index in [1.807, 2.05) is 7.05 Å². The van der Waals surface area contributed by atoms with Crippen molar-refractivity contribution < 1.29 is 4.79 Å². The van der Waals surface area contributed by atoms with Crippen LogP contribution < -0.4 is 4.90 Å². The van der Waals surface area contributed by atoms with Gasteiger partial charge in [-0.05, 0) is 25.5 Å². The number of aldehydes is 1. The summed E-state index contributed by atoms with van der Waals surface area (Å²) in [5.74, 6) is 0.